The van der Waals surface area contributed by atoms with Crippen molar-refractivity contribution in [3.05, 3.63) is 63.1 Å². The fraction of sp³-hybridized carbons (Fsp3) is 0.158. The number of fused-ring (bicyclic) bond motifs is 2. The number of aromatic nitrogens is 3. The molecule has 0 spiro atoms. The van der Waals surface area contributed by atoms with Gasteiger partial charge in [0.25, 0.3) is 5.56 Å². The number of thiophene rings is 1. The molecule has 4 rings (SSSR count). The average Bonchev–Trinajstić information content (AvgIpc) is 3.25. The van der Waals surface area contributed by atoms with Crippen molar-refractivity contribution in [1.29, 1.82) is 0 Å². The first kappa shape index (κ1) is 17.2. The van der Waals surface area contributed by atoms with Gasteiger partial charge in [-0.15, -0.1) is 11.3 Å². The minimum absolute atomic E-state index is 0.132. The summed E-state index contributed by atoms with van der Waals surface area (Å²) in [6, 6.07) is 7.48. The lowest BCUT2D eigenvalue weighted by Gasteiger charge is -2.04. The molecule has 27 heavy (non-hydrogen) atoms. The van der Waals surface area contributed by atoms with Crippen molar-refractivity contribution in [3.8, 4) is 0 Å². The monoisotopic (exact) mass is 381 g/mol. The molecule has 0 fully saturated rings. The summed E-state index contributed by atoms with van der Waals surface area (Å²) >= 11 is 1.11. The van der Waals surface area contributed by atoms with Crippen LogP contribution in [-0.4, -0.2) is 33.4 Å². The molecule has 8 heteroatoms. The van der Waals surface area contributed by atoms with Crippen LogP contribution in [0.1, 0.15) is 25.6 Å². The van der Waals surface area contributed by atoms with Crippen LogP contribution in [-0.2, 0) is 11.3 Å². The molecule has 0 saturated carbocycles. The number of hydrogen-bond acceptors (Lipinski definition) is 6. The quantitative estimate of drug-likeness (QED) is 0.433. The van der Waals surface area contributed by atoms with Crippen molar-refractivity contribution in [2.24, 2.45) is 0 Å². The minimum Gasteiger partial charge on any atom is -0.465 e. The second-order valence-corrected chi connectivity index (χ2v) is 7.08. The number of esters is 1. The number of ketones is 1. The van der Waals surface area contributed by atoms with Crippen molar-refractivity contribution in [2.45, 2.75) is 13.5 Å². The highest BCUT2D eigenvalue weighted by molar-refractivity contribution is 7.20. The first-order valence-corrected chi connectivity index (χ1v) is 8.99. The highest BCUT2D eigenvalue weighted by Crippen LogP contribution is 2.27. The van der Waals surface area contributed by atoms with Gasteiger partial charge in [0.15, 0.2) is 5.78 Å². The molecular formula is C19H15N3O4S. The van der Waals surface area contributed by atoms with Gasteiger partial charge in [-0.3, -0.25) is 14.2 Å². The second-order valence-electron chi connectivity index (χ2n) is 6.08. The van der Waals surface area contributed by atoms with Crippen molar-refractivity contribution in [1.82, 2.24) is 14.5 Å². The molecule has 0 bridgehead atoms. The summed E-state index contributed by atoms with van der Waals surface area (Å²) < 4.78 is 6.02. The topological polar surface area (TPSA) is 94.0 Å². The Kier molecular flexibility index (Phi) is 4.12. The fourth-order valence-corrected chi connectivity index (χ4v) is 4.16. The van der Waals surface area contributed by atoms with Crippen molar-refractivity contribution in [3.63, 3.8) is 0 Å². The van der Waals surface area contributed by atoms with Crippen LogP contribution in [0.15, 0.2) is 41.6 Å². The summed E-state index contributed by atoms with van der Waals surface area (Å²) in [6.07, 6.45) is 2.99. The Balaban J connectivity index is 1.75. The Morgan fingerprint density at radius 2 is 2.07 bits per heavy atom. The van der Waals surface area contributed by atoms with E-state index in [1.807, 2.05) is 24.3 Å². The third kappa shape index (κ3) is 2.74. The molecule has 1 aromatic carbocycles. The van der Waals surface area contributed by atoms with E-state index in [0.717, 1.165) is 22.2 Å². The van der Waals surface area contributed by atoms with E-state index in [1.54, 1.807) is 13.1 Å². The van der Waals surface area contributed by atoms with E-state index in [-0.39, 0.29) is 17.9 Å². The first-order valence-electron chi connectivity index (χ1n) is 8.17. The van der Waals surface area contributed by atoms with Crippen LogP contribution < -0.4 is 5.56 Å². The van der Waals surface area contributed by atoms with Gasteiger partial charge in [0, 0.05) is 22.7 Å². The zero-order valence-corrected chi connectivity index (χ0v) is 15.4. The third-order valence-electron chi connectivity index (χ3n) is 4.49. The molecule has 136 valence electrons. The standard InChI is InChI=1S/C19H15N3O4S/c1-10-15-17(27-16(10)19(25)26-2)21-9-22(18(15)24)8-14(23)12-7-20-13-6-4-3-5-11(12)13/h3-7,9,20H,8H2,1-2H3. The maximum absolute atomic E-state index is 12.9. The lowest BCUT2D eigenvalue weighted by molar-refractivity contribution is 0.0605. The summed E-state index contributed by atoms with van der Waals surface area (Å²) in [4.78, 5) is 45.6. The molecule has 0 amide bonds. The third-order valence-corrected chi connectivity index (χ3v) is 5.67. The van der Waals surface area contributed by atoms with Crippen LogP contribution in [0.5, 0.6) is 0 Å². The number of carbonyl (C=O) groups excluding carboxylic acids is 2. The largest absolute Gasteiger partial charge is 0.465 e. The molecular weight excluding hydrogens is 366 g/mol. The van der Waals surface area contributed by atoms with Gasteiger partial charge in [-0.1, -0.05) is 18.2 Å². The predicted octanol–water partition coefficient (Wildman–Crippen LogP) is 2.92. The molecule has 0 aliphatic heterocycles. The van der Waals surface area contributed by atoms with Gasteiger partial charge in [-0.25, -0.2) is 9.78 Å². The van der Waals surface area contributed by atoms with Gasteiger partial charge in [0.05, 0.1) is 25.4 Å². The number of hydrogen-bond donors (Lipinski definition) is 1. The van der Waals surface area contributed by atoms with Gasteiger partial charge < -0.3 is 9.72 Å². The van der Waals surface area contributed by atoms with Crippen LogP contribution in [0, 0.1) is 6.92 Å². The van der Waals surface area contributed by atoms with Crippen molar-refractivity contribution >= 4 is 44.2 Å². The Hall–Kier alpha value is -3.26. The number of nitrogens with zero attached hydrogens (tertiary/aromatic N) is 2. The highest BCUT2D eigenvalue weighted by Gasteiger charge is 2.21. The summed E-state index contributed by atoms with van der Waals surface area (Å²) in [6.45, 7) is 1.55. The maximum atomic E-state index is 12.9. The van der Waals surface area contributed by atoms with Gasteiger partial charge in [-0.05, 0) is 18.6 Å². The maximum Gasteiger partial charge on any atom is 0.348 e. The highest BCUT2D eigenvalue weighted by atomic mass is 32.1. The van der Waals surface area contributed by atoms with Crippen LogP contribution in [0.3, 0.4) is 0 Å². The van der Waals surface area contributed by atoms with Crippen LogP contribution in [0.2, 0.25) is 0 Å². The molecule has 0 atom stereocenters. The van der Waals surface area contributed by atoms with E-state index in [1.165, 1.54) is 18.0 Å². The number of aryl methyl sites for hydroxylation is 1. The molecule has 0 aliphatic carbocycles. The summed E-state index contributed by atoms with van der Waals surface area (Å²) in [5.74, 6) is -0.701. The summed E-state index contributed by atoms with van der Waals surface area (Å²) in [5, 5.41) is 1.15. The smallest absolute Gasteiger partial charge is 0.348 e. The zero-order valence-electron chi connectivity index (χ0n) is 14.6. The van der Waals surface area contributed by atoms with E-state index in [0.29, 0.717) is 26.2 Å². The number of aromatic amines is 1. The average molecular weight is 381 g/mol. The van der Waals surface area contributed by atoms with Crippen molar-refractivity contribution < 1.29 is 14.3 Å². The van der Waals surface area contributed by atoms with Gasteiger partial charge in [0.2, 0.25) is 0 Å². The fourth-order valence-electron chi connectivity index (χ4n) is 3.10. The number of nitrogens with one attached hydrogen (secondary N) is 1. The first-order chi connectivity index (χ1) is 13.0. The normalized spacial score (nSPS) is 11.2. The van der Waals surface area contributed by atoms with Crippen molar-refractivity contribution in [2.75, 3.05) is 7.11 Å². The molecule has 1 N–H and O–H groups in total. The molecule has 3 heterocycles. The Morgan fingerprint density at radius 1 is 1.30 bits per heavy atom. The van der Waals surface area contributed by atoms with E-state index in [4.69, 9.17) is 4.74 Å². The zero-order chi connectivity index (χ0) is 19.1. The van der Waals surface area contributed by atoms with E-state index >= 15 is 0 Å². The molecule has 0 radical (unpaired) electrons. The molecule has 3 aromatic heterocycles. The number of benzene rings is 1. The summed E-state index contributed by atoms with van der Waals surface area (Å²) in [5.41, 5.74) is 1.55. The van der Waals surface area contributed by atoms with Crippen LogP contribution in [0.4, 0.5) is 0 Å². The predicted molar refractivity (Wildman–Crippen MR) is 103 cm³/mol. The Bertz CT molecular complexity index is 1270. The van der Waals surface area contributed by atoms with E-state index in [2.05, 4.69) is 9.97 Å². The van der Waals surface area contributed by atoms with Gasteiger partial charge >= 0.3 is 5.97 Å². The number of H-pyrrole nitrogens is 1. The number of carbonyl (C=O) groups is 2. The molecule has 7 nitrogen and oxygen atoms in total. The Morgan fingerprint density at radius 3 is 2.85 bits per heavy atom. The lowest BCUT2D eigenvalue weighted by Crippen LogP contribution is -2.24. The number of rotatable bonds is 4. The summed E-state index contributed by atoms with van der Waals surface area (Å²) in [7, 11) is 1.29. The molecule has 0 unspecified atom stereocenters. The molecule has 0 saturated heterocycles. The lowest BCUT2D eigenvalue weighted by atomic mass is 10.1. The number of methoxy groups -OCH3 is 1. The number of Topliss-reactive ketones (excluding diaryl/α,β-unsaturated/α-hetero) is 1. The van der Waals surface area contributed by atoms with Crippen LogP contribution in [0.25, 0.3) is 21.1 Å². The molecule has 4 aromatic rings. The molecule has 0 aliphatic rings. The van der Waals surface area contributed by atoms with Crippen LogP contribution >= 0.6 is 11.3 Å². The number of para-hydroxylation sites is 1. The Labute approximate surface area is 157 Å². The van der Waals surface area contributed by atoms with E-state index < -0.39 is 5.97 Å². The van der Waals surface area contributed by atoms with Gasteiger partial charge in [-0.2, -0.15) is 0 Å². The number of ether oxygens (including phenoxy) is 1. The van der Waals surface area contributed by atoms with Gasteiger partial charge in [0.1, 0.15) is 9.71 Å². The SMILES string of the molecule is COC(=O)c1sc2ncn(CC(=O)c3c[nH]c4ccccc34)c(=O)c2c1C. The minimum atomic E-state index is -0.503. The van der Waals surface area contributed by atoms with E-state index in [9.17, 15) is 14.4 Å². The second kappa shape index (κ2) is 6.48.